The van der Waals surface area contributed by atoms with E-state index in [9.17, 15) is 9.59 Å². The maximum absolute atomic E-state index is 12.3. The highest BCUT2D eigenvalue weighted by Crippen LogP contribution is 2.25. The third kappa shape index (κ3) is 4.98. The van der Waals surface area contributed by atoms with Crippen molar-refractivity contribution < 1.29 is 14.3 Å². The van der Waals surface area contributed by atoms with Crippen LogP contribution in [0.5, 0.6) is 0 Å². The van der Waals surface area contributed by atoms with Gasteiger partial charge in [0.05, 0.1) is 18.1 Å². The van der Waals surface area contributed by atoms with Crippen LogP contribution in [0.15, 0.2) is 29.7 Å². The first-order valence-corrected chi connectivity index (χ1v) is 10.7. The van der Waals surface area contributed by atoms with Crippen LogP contribution in [0.3, 0.4) is 0 Å². The number of aryl methyl sites for hydroxylation is 1. The van der Waals surface area contributed by atoms with Crippen molar-refractivity contribution in [1.82, 2.24) is 24.7 Å². The monoisotopic (exact) mass is 432 g/mol. The Morgan fingerprint density at radius 3 is 2.83 bits per heavy atom. The van der Waals surface area contributed by atoms with Gasteiger partial charge in [-0.05, 0) is 32.9 Å². The maximum atomic E-state index is 12.3. The molecule has 3 heterocycles. The number of esters is 1. The first kappa shape index (κ1) is 20.9. The Morgan fingerprint density at radius 1 is 1.31 bits per heavy atom. The summed E-state index contributed by atoms with van der Waals surface area (Å²) in [6.07, 6.45) is 3.42. The van der Waals surface area contributed by atoms with Gasteiger partial charge in [0.2, 0.25) is 5.91 Å². The molecule has 3 aromatic rings. The van der Waals surface area contributed by atoms with Gasteiger partial charge in [-0.2, -0.15) is 0 Å². The van der Waals surface area contributed by atoms with E-state index in [0.29, 0.717) is 33.2 Å². The molecule has 9 nitrogen and oxygen atoms in total. The molecule has 0 bridgehead atoms. The van der Waals surface area contributed by atoms with E-state index in [2.05, 4.69) is 25.5 Å². The van der Waals surface area contributed by atoms with Crippen LogP contribution in [0.2, 0.25) is 0 Å². The lowest BCUT2D eigenvalue weighted by molar-refractivity contribution is -0.113. The van der Waals surface area contributed by atoms with Crippen LogP contribution in [0.4, 0.5) is 5.13 Å². The molecule has 152 valence electrons. The van der Waals surface area contributed by atoms with Gasteiger partial charge in [0, 0.05) is 24.5 Å². The summed E-state index contributed by atoms with van der Waals surface area (Å²) >= 11 is 2.38. The van der Waals surface area contributed by atoms with Crippen LogP contribution in [0.25, 0.3) is 11.4 Å². The van der Waals surface area contributed by atoms with Crippen LogP contribution >= 0.6 is 23.1 Å². The smallest absolute Gasteiger partial charge is 0.350 e. The fraction of sp³-hybridized carbons (Fsp3) is 0.333. The number of anilines is 1. The van der Waals surface area contributed by atoms with Crippen molar-refractivity contribution >= 4 is 40.1 Å². The van der Waals surface area contributed by atoms with Crippen molar-refractivity contribution in [3.8, 4) is 11.4 Å². The third-order valence-electron chi connectivity index (χ3n) is 3.79. The Hall–Kier alpha value is -2.79. The Bertz CT molecular complexity index is 1000. The van der Waals surface area contributed by atoms with Crippen molar-refractivity contribution in [3.63, 3.8) is 0 Å². The van der Waals surface area contributed by atoms with Crippen molar-refractivity contribution in [2.24, 2.45) is 0 Å². The van der Waals surface area contributed by atoms with Gasteiger partial charge in [-0.15, -0.1) is 10.2 Å². The van der Waals surface area contributed by atoms with Gasteiger partial charge in [0.1, 0.15) is 4.88 Å². The lowest BCUT2D eigenvalue weighted by Crippen LogP contribution is -2.14. The first-order valence-electron chi connectivity index (χ1n) is 8.94. The van der Waals surface area contributed by atoms with Crippen LogP contribution in [-0.2, 0) is 16.1 Å². The van der Waals surface area contributed by atoms with Crippen LogP contribution < -0.4 is 5.32 Å². The lowest BCUT2D eigenvalue weighted by atomic mass is 10.3. The second-order valence-corrected chi connectivity index (χ2v) is 7.72. The highest BCUT2D eigenvalue weighted by Gasteiger charge is 2.19. The number of aromatic nitrogens is 5. The minimum Gasteiger partial charge on any atom is -0.462 e. The number of thiazole rings is 1. The van der Waals surface area contributed by atoms with Crippen molar-refractivity contribution in [2.45, 2.75) is 32.5 Å². The lowest BCUT2D eigenvalue weighted by Gasteiger charge is -2.07. The van der Waals surface area contributed by atoms with Gasteiger partial charge < -0.3 is 14.6 Å². The number of amides is 1. The largest absolute Gasteiger partial charge is 0.462 e. The minimum atomic E-state index is -0.434. The molecule has 3 aromatic heterocycles. The Morgan fingerprint density at radius 2 is 2.14 bits per heavy atom. The number of nitrogens with one attached hydrogen (secondary N) is 1. The molecule has 0 atom stereocenters. The number of pyridine rings is 1. The molecule has 0 saturated carbocycles. The predicted octanol–water partition coefficient (Wildman–Crippen LogP) is 3.03. The van der Waals surface area contributed by atoms with Crippen LogP contribution in [0.1, 0.15) is 29.2 Å². The van der Waals surface area contributed by atoms with Crippen LogP contribution in [0, 0.1) is 6.92 Å². The molecular weight excluding hydrogens is 412 g/mol. The Kier molecular flexibility index (Phi) is 6.94. The van der Waals surface area contributed by atoms with Gasteiger partial charge >= 0.3 is 5.97 Å². The third-order valence-corrected chi connectivity index (χ3v) is 5.81. The minimum absolute atomic E-state index is 0.137. The number of ether oxygens (including phenoxy) is 1. The molecule has 0 aromatic carbocycles. The molecule has 0 aliphatic carbocycles. The van der Waals surface area contributed by atoms with E-state index in [0.717, 1.165) is 16.9 Å². The quantitative estimate of drug-likeness (QED) is 0.427. The van der Waals surface area contributed by atoms with Crippen molar-refractivity contribution in [3.05, 3.63) is 35.1 Å². The molecular formula is C18H20N6O3S2. The zero-order valence-corrected chi connectivity index (χ0v) is 17.8. The van der Waals surface area contributed by atoms with Gasteiger partial charge in [-0.1, -0.05) is 23.1 Å². The Labute approximate surface area is 175 Å². The number of nitrogens with zero attached hydrogens (tertiary/aromatic N) is 5. The molecule has 3 rings (SSSR count). The van der Waals surface area contributed by atoms with E-state index < -0.39 is 5.97 Å². The molecule has 0 aliphatic rings. The van der Waals surface area contributed by atoms with Gasteiger partial charge in [-0.25, -0.2) is 9.78 Å². The zero-order chi connectivity index (χ0) is 20.8. The summed E-state index contributed by atoms with van der Waals surface area (Å²) in [5, 5.41) is 12.2. The highest BCUT2D eigenvalue weighted by atomic mass is 32.2. The summed E-state index contributed by atoms with van der Waals surface area (Å²) < 4.78 is 6.92. The summed E-state index contributed by atoms with van der Waals surface area (Å²) in [6.45, 7) is 6.38. The fourth-order valence-electron chi connectivity index (χ4n) is 2.51. The topological polar surface area (TPSA) is 112 Å². The molecule has 1 amide bonds. The number of carbonyl (C=O) groups is 2. The van der Waals surface area contributed by atoms with E-state index >= 15 is 0 Å². The summed E-state index contributed by atoms with van der Waals surface area (Å²) in [7, 11) is 0. The van der Waals surface area contributed by atoms with E-state index in [-0.39, 0.29) is 18.3 Å². The van der Waals surface area contributed by atoms with E-state index in [1.807, 2.05) is 23.6 Å². The van der Waals surface area contributed by atoms with E-state index in [4.69, 9.17) is 4.74 Å². The van der Waals surface area contributed by atoms with E-state index in [1.54, 1.807) is 26.2 Å². The Balaban J connectivity index is 1.64. The molecule has 0 unspecified atom stereocenters. The summed E-state index contributed by atoms with van der Waals surface area (Å²) in [5.41, 5.74) is 1.39. The first-order chi connectivity index (χ1) is 14.0. The molecule has 0 saturated heterocycles. The van der Waals surface area contributed by atoms with Crippen LogP contribution in [-0.4, -0.2) is 49.0 Å². The summed E-state index contributed by atoms with van der Waals surface area (Å²) in [5.74, 6) is 0.167. The van der Waals surface area contributed by atoms with Crippen molar-refractivity contribution in [1.29, 1.82) is 0 Å². The second-order valence-electron chi connectivity index (χ2n) is 5.78. The maximum Gasteiger partial charge on any atom is 0.350 e. The standard InChI is InChI=1S/C18H20N6O3S2/c1-4-24-15(12-7-6-8-19-9-12)22-23-18(24)28-10-13(25)21-17-20-11(3)14(29-17)16(26)27-5-2/h6-9H,4-5,10H2,1-3H3,(H,20,21,25). The normalized spacial score (nSPS) is 10.7. The highest BCUT2D eigenvalue weighted by molar-refractivity contribution is 7.99. The molecule has 1 N–H and O–H groups in total. The summed E-state index contributed by atoms with van der Waals surface area (Å²) in [6, 6.07) is 3.75. The number of hydrogen-bond acceptors (Lipinski definition) is 9. The van der Waals surface area contributed by atoms with Gasteiger partial charge in [0.15, 0.2) is 16.1 Å². The average Bonchev–Trinajstić information content (AvgIpc) is 3.30. The predicted molar refractivity (Wildman–Crippen MR) is 111 cm³/mol. The molecule has 0 spiro atoms. The average molecular weight is 433 g/mol. The van der Waals surface area contributed by atoms with Gasteiger partial charge in [-0.3, -0.25) is 9.78 Å². The number of rotatable bonds is 8. The second kappa shape index (κ2) is 9.61. The van der Waals surface area contributed by atoms with E-state index in [1.165, 1.54) is 11.8 Å². The SMILES string of the molecule is CCOC(=O)c1sc(NC(=O)CSc2nnc(-c3cccnc3)n2CC)nc1C. The zero-order valence-electron chi connectivity index (χ0n) is 16.2. The number of thioether (sulfide) groups is 1. The van der Waals surface area contributed by atoms with Gasteiger partial charge in [0.25, 0.3) is 0 Å². The number of hydrogen-bond donors (Lipinski definition) is 1. The fourth-order valence-corrected chi connectivity index (χ4v) is 4.19. The van der Waals surface area contributed by atoms with Crippen molar-refractivity contribution in [2.75, 3.05) is 17.7 Å². The summed E-state index contributed by atoms with van der Waals surface area (Å²) in [4.78, 5) is 32.9. The molecule has 0 fully saturated rings. The molecule has 11 heteroatoms. The molecule has 0 aliphatic heterocycles. The molecule has 29 heavy (non-hydrogen) atoms. The molecule has 0 radical (unpaired) electrons. The number of carbonyl (C=O) groups excluding carboxylic acids is 2.